The first-order valence-electron chi connectivity index (χ1n) is 7.70. The summed E-state index contributed by atoms with van der Waals surface area (Å²) in [5.74, 6) is 0. The molecule has 4 nitrogen and oxygen atoms in total. The van der Waals surface area contributed by atoms with Gasteiger partial charge < -0.3 is 10.1 Å². The summed E-state index contributed by atoms with van der Waals surface area (Å²) in [5.41, 5.74) is 2.28. The van der Waals surface area contributed by atoms with Crippen LogP contribution in [-0.2, 0) is 17.8 Å². The van der Waals surface area contributed by atoms with Crippen molar-refractivity contribution in [2.45, 2.75) is 52.5 Å². The number of aromatic nitrogens is 1. The molecule has 1 saturated heterocycles. The van der Waals surface area contributed by atoms with Gasteiger partial charge in [-0.3, -0.25) is 9.88 Å². The molecule has 1 aliphatic rings. The van der Waals surface area contributed by atoms with Crippen LogP contribution in [0, 0.1) is 0 Å². The molecule has 0 saturated carbocycles. The second-order valence-corrected chi connectivity index (χ2v) is 5.75. The maximum atomic E-state index is 5.77. The Balaban J connectivity index is 1.90. The molecule has 1 aromatic heterocycles. The van der Waals surface area contributed by atoms with Gasteiger partial charge in [-0.15, -0.1) is 0 Å². The highest BCUT2D eigenvalue weighted by molar-refractivity contribution is 5.11. The quantitative estimate of drug-likeness (QED) is 0.809. The molecule has 1 N–H and O–H groups in total. The Labute approximate surface area is 122 Å². The molecule has 0 aliphatic carbocycles. The largest absolute Gasteiger partial charge is 0.373 e. The SMILES string of the molecule is CCCNCc1cccc(CN2CC(C)OC(C)C2)n1. The van der Waals surface area contributed by atoms with E-state index in [1.54, 1.807) is 0 Å². The molecule has 4 heteroatoms. The number of hydrogen-bond donors (Lipinski definition) is 1. The van der Waals surface area contributed by atoms with Gasteiger partial charge in [0.15, 0.2) is 0 Å². The van der Waals surface area contributed by atoms with Gasteiger partial charge in [0.05, 0.1) is 23.6 Å². The van der Waals surface area contributed by atoms with Crippen molar-refractivity contribution >= 4 is 0 Å². The Kier molecular flexibility index (Phi) is 5.95. The third-order valence-corrected chi connectivity index (χ3v) is 3.48. The minimum Gasteiger partial charge on any atom is -0.373 e. The lowest BCUT2D eigenvalue weighted by Crippen LogP contribution is -2.44. The Hall–Kier alpha value is -0.970. The first-order chi connectivity index (χ1) is 9.67. The summed E-state index contributed by atoms with van der Waals surface area (Å²) < 4.78 is 5.77. The summed E-state index contributed by atoms with van der Waals surface area (Å²) in [6.45, 7) is 11.3. The summed E-state index contributed by atoms with van der Waals surface area (Å²) in [5, 5.41) is 3.40. The highest BCUT2D eigenvalue weighted by Crippen LogP contribution is 2.13. The lowest BCUT2D eigenvalue weighted by atomic mass is 10.2. The Morgan fingerprint density at radius 1 is 1.25 bits per heavy atom. The van der Waals surface area contributed by atoms with Crippen LogP contribution in [0.4, 0.5) is 0 Å². The van der Waals surface area contributed by atoms with Gasteiger partial charge in [0.2, 0.25) is 0 Å². The van der Waals surface area contributed by atoms with E-state index < -0.39 is 0 Å². The van der Waals surface area contributed by atoms with Gasteiger partial charge in [0.25, 0.3) is 0 Å². The number of nitrogens with one attached hydrogen (secondary N) is 1. The molecule has 0 aromatic carbocycles. The van der Waals surface area contributed by atoms with Crippen LogP contribution in [0.5, 0.6) is 0 Å². The molecule has 0 spiro atoms. The normalized spacial score (nSPS) is 23.9. The molecule has 112 valence electrons. The summed E-state index contributed by atoms with van der Waals surface area (Å²) in [4.78, 5) is 7.18. The Morgan fingerprint density at radius 3 is 2.65 bits per heavy atom. The third-order valence-electron chi connectivity index (χ3n) is 3.48. The predicted octanol–water partition coefficient (Wildman–Crippen LogP) is 2.19. The average molecular weight is 277 g/mol. The van der Waals surface area contributed by atoms with E-state index in [0.29, 0.717) is 12.2 Å². The van der Waals surface area contributed by atoms with Crippen molar-refractivity contribution in [1.29, 1.82) is 0 Å². The zero-order valence-electron chi connectivity index (χ0n) is 12.9. The fraction of sp³-hybridized carbons (Fsp3) is 0.688. The van der Waals surface area contributed by atoms with Crippen molar-refractivity contribution < 1.29 is 4.74 Å². The molecule has 2 rings (SSSR count). The van der Waals surface area contributed by atoms with E-state index in [2.05, 4.69) is 49.2 Å². The van der Waals surface area contributed by atoms with E-state index in [1.807, 2.05) is 0 Å². The highest BCUT2D eigenvalue weighted by Gasteiger charge is 2.22. The summed E-state index contributed by atoms with van der Waals surface area (Å²) in [7, 11) is 0. The first-order valence-corrected chi connectivity index (χ1v) is 7.70. The third kappa shape index (κ3) is 4.85. The maximum absolute atomic E-state index is 5.77. The predicted molar refractivity (Wildman–Crippen MR) is 81.5 cm³/mol. The molecule has 0 radical (unpaired) electrons. The van der Waals surface area contributed by atoms with Gasteiger partial charge in [-0.2, -0.15) is 0 Å². The van der Waals surface area contributed by atoms with Crippen molar-refractivity contribution in [2.24, 2.45) is 0 Å². The summed E-state index contributed by atoms with van der Waals surface area (Å²) in [6.07, 6.45) is 1.78. The van der Waals surface area contributed by atoms with E-state index in [4.69, 9.17) is 9.72 Å². The monoisotopic (exact) mass is 277 g/mol. The van der Waals surface area contributed by atoms with Crippen LogP contribution in [0.25, 0.3) is 0 Å². The Bertz CT molecular complexity index is 400. The summed E-state index contributed by atoms with van der Waals surface area (Å²) in [6, 6.07) is 6.32. The van der Waals surface area contributed by atoms with Crippen LogP contribution in [-0.4, -0.2) is 41.7 Å². The molecular formula is C16H27N3O. The van der Waals surface area contributed by atoms with Gasteiger partial charge in [0.1, 0.15) is 0 Å². The zero-order chi connectivity index (χ0) is 14.4. The van der Waals surface area contributed by atoms with Crippen LogP contribution >= 0.6 is 0 Å². The van der Waals surface area contributed by atoms with Gasteiger partial charge in [-0.1, -0.05) is 13.0 Å². The molecule has 2 atom stereocenters. The van der Waals surface area contributed by atoms with Gasteiger partial charge in [0, 0.05) is 26.2 Å². The van der Waals surface area contributed by atoms with Crippen LogP contribution in [0.2, 0.25) is 0 Å². The number of ether oxygens (including phenoxy) is 1. The van der Waals surface area contributed by atoms with Crippen molar-refractivity contribution in [2.75, 3.05) is 19.6 Å². The zero-order valence-corrected chi connectivity index (χ0v) is 12.9. The maximum Gasteiger partial charge on any atom is 0.0678 e. The molecule has 2 heterocycles. The van der Waals surface area contributed by atoms with Crippen LogP contribution in [0.3, 0.4) is 0 Å². The molecule has 2 unspecified atom stereocenters. The second kappa shape index (κ2) is 7.72. The molecule has 1 aliphatic heterocycles. The molecule has 1 aromatic rings. The minimum atomic E-state index is 0.313. The van der Waals surface area contributed by atoms with Gasteiger partial charge in [-0.05, 0) is 38.9 Å². The Morgan fingerprint density at radius 2 is 1.95 bits per heavy atom. The lowest BCUT2D eigenvalue weighted by molar-refractivity contribution is -0.0707. The molecule has 20 heavy (non-hydrogen) atoms. The van der Waals surface area contributed by atoms with E-state index in [9.17, 15) is 0 Å². The van der Waals surface area contributed by atoms with E-state index in [1.165, 1.54) is 0 Å². The first kappa shape index (κ1) is 15.4. The highest BCUT2D eigenvalue weighted by atomic mass is 16.5. The van der Waals surface area contributed by atoms with Gasteiger partial charge >= 0.3 is 0 Å². The average Bonchev–Trinajstić information content (AvgIpc) is 2.38. The molecular weight excluding hydrogens is 250 g/mol. The van der Waals surface area contributed by atoms with Gasteiger partial charge in [-0.25, -0.2) is 0 Å². The number of rotatable bonds is 6. The van der Waals surface area contributed by atoms with Crippen LogP contribution in [0.1, 0.15) is 38.6 Å². The van der Waals surface area contributed by atoms with Crippen molar-refractivity contribution in [3.63, 3.8) is 0 Å². The van der Waals surface area contributed by atoms with E-state index >= 15 is 0 Å². The smallest absolute Gasteiger partial charge is 0.0678 e. The number of morpholine rings is 1. The summed E-state index contributed by atoms with van der Waals surface area (Å²) >= 11 is 0. The molecule has 0 amide bonds. The fourth-order valence-electron chi connectivity index (χ4n) is 2.75. The van der Waals surface area contributed by atoms with E-state index in [-0.39, 0.29) is 0 Å². The van der Waals surface area contributed by atoms with Crippen LogP contribution < -0.4 is 5.32 Å². The number of nitrogens with zero attached hydrogens (tertiary/aromatic N) is 2. The van der Waals surface area contributed by atoms with E-state index in [0.717, 1.165) is 50.5 Å². The van der Waals surface area contributed by atoms with Crippen molar-refractivity contribution in [3.8, 4) is 0 Å². The standard InChI is InChI=1S/C16H27N3O/c1-4-8-17-9-15-6-5-7-16(18-15)12-19-10-13(2)20-14(3)11-19/h5-7,13-14,17H,4,8-12H2,1-3H3. The molecule has 1 fully saturated rings. The lowest BCUT2D eigenvalue weighted by Gasteiger charge is -2.35. The second-order valence-electron chi connectivity index (χ2n) is 5.75. The van der Waals surface area contributed by atoms with Crippen LogP contribution in [0.15, 0.2) is 18.2 Å². The molecule has 0 bridgehead atoms. The fourth-order valence-corrected chi connectivity index (χ4v) is 2.75. The van der Waals surface area contributed by atoms with Crippen molar-refractivity contribution in [3.05, 3.63) is 29.6 Å². The number of pyridine rings is 1. The number of hydrogen-bond acceptors (Lipinski definition) is 4. The minimum absolute atomic E-state index is 0.313. The van der Waals surface area contributed by atoms with Crippen molar-refractivity contribution in [1.82, 2.24) is 15.2 Å². The topological polar surface area (TPSA) is 37.4 Å².